The summed E-state index contributed by atoms with van der Waals surface area (Å²) in [5.74, 6) is 0.476. The summed E-state index contributed by atoms with van der Waals surface area (Å²) in [6.45, 7) is 8.14. The molecule has 2 amide bonds. The van der Waals surface area contributed by atoms with Gasteiger partial charge in [-0.15, -0.1) is 0 Å². The second kappa shape index (κ2) is 6.81. The molecule has 1 N–H and O–H groups in total. The fraction of sp³-hybridized carbons (Fsp3) is 0.619. The highest BCUT2D eigenvalue weighted by Gasteiger charge is 2.37. The number of amides is 2. The smallest absolute Gasteiger partial charge is 0.230 e. The van der Waals surface area contributed by atoms with Gasteiger partial charge in [-0.1, -0.05) is 18.2 Å². The molecule has 25 heavy (non-hydrogen) atoms. The molecule has 0 aromatic heterocycles. The molecule has 136 valence electrons. The van der Waals surface area contributed by atoms with Gasteiger partial charge in [0, 0.05) is 29.1 Å². The lowest BCUT2D eigenvalue weighted by atomic mass is 9.80. The highest BCUT2D eigenvalue weighted by Crippen LogP contribution is 2.37. The zero-order chi connectivity index (χ0) is 18.2. The Hall–Kier alpha value is -1.84. The summed E-state index contributed by atoms with van der Waals surface area (Å²) >= 11 is 0. The highest BCUT2D eigenvalue weighted by molar-refractivity contribution is 5.97. The minimum atomic E-state index is -0.196. The van der Waals surface area contributed by atoms with Crippen molar-refractivity contribution in [3.05, 3.63) is 29.8 Å². The van der Waals surface area contributed by atoms with Crippen molar-refractivity contribution in [1.82, 2.24) is 5.32 Å². The third-order valence-electron chi connectivity index (χ3n) is 5.39. The highest BCUT2D eigenvalue weighted by atomic mass is 16.2. The van der Waals surface area contributed by atoms with Crippen molar-refractivity contribution in [2.24, 2.45) is 11.8 Å². The van der Waals surface area contributed by atoms with Crippen molar-refractivity contribution in [2.45, 2.75) is 71.4 Å². The summed E-state index contributed by atoms with van der Waals surface area (Å²) in [4.78, 5) is 27.5. The van der Waals surface area contributed by atoms with E-state index in [1.807, 2.05) is 37.8 Å². The number of carbonyl (C=O) groups excluding carboxylic acids is 2. The number of hydrogen-bond donors (Lipinski definition) is 1. The standard InChI is InChI=1S/C21H30N2O2/c1-14-13-17-7-5-6-8-18(17)23(14)20(25)16-11-9-15(10-12-16)19(24)22-21(2,3)4/h5-8,14-16H,9-13H2,1-4H3,(H,22,24). The molecule has 1 unspecified atom stereocenters. The molecule has 1 aliphatic carbocycles. The largest absolute Gasteiger partial charge is 0.351 e. The number of carbonyl (C=O) groups is 2. The number of benzene rings is 1. The van der Waals surface area contributed by atoms with Crippen molar-refractivity contribution in [2.75, 3.05) is 4.90 Å². The molecule has 1 aromatic carbocycles. The van der Waals surface area contributed by atoms with Gasteiger partial charge in [-0.05, 0) is 71.4 Å². The zero-order valence-corrected chi connectivity index (χ0v) is 15.8. The van der Waals surface area contributed by atoms with Gasteiger partial charge in [0.25, 0.3) is 0 Å². The van der Waals surface area contributed by atoms with E-state index in [4.69, 9.17) is 0 Å². The minimum absolute atomic E-state index is 0.0477. The lowest BCUT2D eigenvalue weighted by Gasteiger charge is -2.33. The molecule has 1 fully saturated rings. The van der Waals surface area contributed by atoms with E-state index in [-0.39, 0.29) is 35.2 Å². The molecule has 0 saturated heterocycles. The molecule has 1 aliphatic heterocycles. The molecule has 3 rings (SSSR count). The Bertz CT molecular complexity index is 654. The van der Waals surface area contributed by atoms with Crippen molar-refractivity contribution in [3.63, 3.8) is 0 Å². The molecule has 0 radical (unpaired) electrons. The van der Waals surface area contributed by atoms with Crippen molar-refractivity contribution in [3.8, 4) is 0 Å². The Kier molecular flexibility index (Phi) is 4.90. The van der Waals surface area contributed by atoms with E-state index in [1.165, 1.54) is 5.56 Å². The molecule has 1 atom stereocenters. The van der Waals surface area contributed by atoms with Gasteiger partial charge in [0.1, 0.15) is 0 Å². The van der Waals surface area contributed by atoms with Gasteiger partial charge < -0.3 is 10.2 Å². The fourth-order valence-electron chi connectivity index (χ4n) is 4.17. The van der Waals surface area contributed by atoms with E-state index in [0.29, 0.717) is 0 Å². The Labute approximate surface area is 151 Å². The molecule has 1 heterocycles. The number of para-hydroxylation sites is 1. The maximum Gasteiger partial charge on any atom is 0.230 e. The SMILES string of the molecule is CC1Cc2ccccc2N1C(=O)C1CCC(C(=O)NC(C)(C)C)CC1. The lowest BCUT2D eigenvalue weighted by Crippen LogP contribution is -2.46. The van der Waals surface area contributed by atoms with Crippen LogP contribution in [0.1, 0.15) is 58.9 Å². The number of fused-ring (bicyclic) bond motifs is 1. The maximum absolute atomic E-state index is 13.1. The second-order valence-electron chi connectivity index (χ2n) is 8.68. The molecular formula is C21H30N2O2. The summed E-state index contributed by atoms with van der Waals surface area (Å²) < 4.78 is 0. The van der Waals surface area contributed by atoms with Gasteiger partial charge in [0.15, 0.2) is 0 Å². The maximum atomic E-state index is 13.1. The number of nitrogens with zero attached hydrogens (tertiary/aromatic N) is 1. The Morgan fingerprint density at radius 3 is 2.28 bits per heavy atom. The fourth-order valence-corrected chi connectivity index (χ4v) is 4.17. The molecule has 1 saturated carbocycles. The van der Waals surface area contributed by atoms with E-state index >= 15 is 0 Å². The van der Waals surface area contributed by atoms with E-state index in [1.54, 1.807) is 0 Å². The first kappa shape index (κ1) is 18.0. The first-order valence-electron chi connectivity index (χ1n) is 9.49. The number of anilines is 1. The van der Waals surface area contributed by atoms with Crippen LogP contribution in [0.25, 0.3) is 0 Å². The summed E-state index contributed by atoms with van der Waals surface area (Å²) in [6, 6.07) is 8.45. The first-order chi connectivity index (χ1) is 11.8. The molecule has 2 aliphatic rings. The van der Waals surface area contributed by atoms with Crippen LogP contribution in [0.2, 0.25) is 0 Å². The van der Waals surface area contributed by atoms with E-state index in [2.05, 4.69) is 24.4 Å². The predicted molar refractivity (Wildman–Crippen MR) is 100 cm³/mol. The van der Waals surface area contributed by atoms with Gasteiger partial charge in [-0.25, -0.2) is 0 Å². The van der Waals surface area contributed by atoms with Crippen LogP contribution >= 0.6 is 0 Å². The third-order valence-corrected chi connectivity index (χ3v) is 5.39. The first-order valence-corrected chi connectivity index (χ1v) is 9.49. The molecule has 0 bridgehead atoms. The normalized spacial score (nSPS) is 26.2. The summed E-state index contributed by atoms with van der Waals surface area (Å²) in [5, 5.41) is 3.07. The second-order valence-corrected chi connectivity index (χ2v) is 8.68. The molecule has 4 heteroatoms. The van der Waals surface area contributed by atoms with Crippen molar-refractivity contribution >= 4 is 17.5 Å². The van der Waals surface area contributed by atoms with E-state index in [0.717, 1.165) is 37.8 Å². The molecule has 1 aromatic rings. The zero-order valence-electron chi connectivity index (χ0n) is 15.8. The summed E-state index contributed by atoms with van der Waals surface area (Å²) in [7, 11) is 0. The van der Waals surface area contributed by atoms with Crippen LogP contribution in [0.4, 0.5) is 5.69 Å². The van der Waals surface area contributed by atoms with Gasteiger partial charge in [0.2, 0.25) is 11.8 Å². The monoisotopic (exact) mass is 342 g/mol. The number of rotatable bonds is 2. The third kappa shape index (κ3) is 3.88. The van der Waals surface area contributed by atoms with Gasteiger partial charge >= 0.3 is 0 Å². The van der Waals surface area contributed by atoms with Gasteiger partial charge in [-0.2, -0.15) is 0 Å². The van der Waals surface area contributed by atoms with Crippen LogP contribution in [0.15, 0.2) is 24.3 Å². The van der Waals surface area contributed by atoms with Crippen LogP contribution < -0.4 is 10.2 Å². The minimum Gasteiger partial charge on any atom is -0.351 e. The summed E-state index contributed by atoms with van der Waals surface area (Å²) in [5.41, 5.74) is 2.15. The molecule has 4 nitrogen and oxygen atoms in total. The topological polar surface area (TPSA) is 49.4 Å². The predicted octanol–water partition coefficient (Wildman–Crippen LogP) is 3.69. The summed E-state index contributed by atoms with van der Waals surface area (Å²) in [6.07, 6.45) is 4.18. The Balaban J connectivity index is 1.62. The quantitative estimate of drug-likeness (QED) is 0.891. The van der Waals surface area contributed by atoms with Crippen LogP contribution in [-0.2, 0) is 16.0 Å². The number of hydrogen-bond acceptors (Lipinski definition) is 2. The van der Waals surface area contributed by atoms with Crippen LogP contribution in [0.3, 0.4) is 0 Å². The van der Waals surface area contributed by atoms with E-state index in [9.17, 15) is 9.59 Å². The van der Waals surface area contributed by atoms with Crippen molar-refractivity contribution in [1.29, 1.82) is 0 Å². The van der Waals surface area contributed by atoms with Crippen molar-refractivity contribution < 1.29 is 9.59 Å². The van der Waals surface area contributed by atoms with Gasteiger partial charge in [-0.3, -0.25) is 9.59 Å². The molecular weight excluding hydrogens is 312 g/mol. The Morgan fingerprint density at radius 2 is 1.64 bits per heavy atom. The average Bonchev–Trinajstić information content (AvgIpc) is 2.88. The average molecular weight is 342 g/mol. The van der Waals surface area contributed by atoms with Crippen LogP contribution in [-0.4, -0.2) is 23.4 Å². The molecule has 0 spiro atoms. The lowest BCUT2D eigenvalue weighted by molar-refractivity contribution is -0.130. The van der Waals surface area contributed by atoms with E-state index < -0.39 is 0 Å². The van der Waals surface area contributed by atoms with Crippen LogP contribution in [0, 0.1) is 11.8 Å². The van der Waals surface area contributed by atoms with Gasteiger partial charge in [0.05, 0.1) is 0 Å². The number of nitrogens with one attached hydrogen (secondary N) is 1. The van der Waals surface area contributed by atoms with Crippen LogP contribution in [0.5, 0.6) is 0 Å². The Morgan fingerprint density at radius 1 is 1.04 bits per heavy atom.